The molecule has 2 aromatic rings. The molecule has 0 aliphatic rings. The standard InChI is InChI=1S/C11H14N4/c1-13-6-2-3-8-4-5-9-10(7-8)14-15-11(9)12/h2-5,7,13H,6H2,1H3,(H3,12,14,15). The highest BCUT2D eigenvalue weighted by Crippen LogP contribution is 2.19. The molecule has 1 aromatic carbocycles. The molecule has 1 aromatic heterocycles. The first-order valence-corrected chi connectivity index (χ1v) is 4.86. The monoisotopic (exact) mass is 202 g/mol. The minimum Gasteiger partial charge on any atom is -0.382 e. The number of nitrogens with one attached hydrogen (secondary N) is 2. The summed E-state index contributed by atoms with van der Waals surface area (Å²) in [4.78, 5) is 0. The molecule has 0 spiro atoms. The van der Waals surface area contributed by atoms with Gasteiger partial charge in [-0.1, -0.05) is 18.2 Å². The van der Waals surface area contributed by atoms with Crippen LogP contribution in [0.5, 0.6) is 0 Å². The van der Waals surface area contributed by atoms with Crippen molar-refractivity contribution in [2.45, 2.75) is 0 Å². The van der Waals surface area contributed by atoms with Gasteiger partial charge in [0.25, 0.3) is 0 Å². The summed E-state index contributed by atoms with van der Waals surface area (Å²) in [5.74, 6) is 0.552. The molecule has 0 aliphatic carbocycles. The van der Waals surface area contributed by atoms with Crippen molar-refractivity contribution in [3.05, 3.63) is 29.8 Å². The molecule has 0 unspecified atom stereocenters. The number of aromatic amines is 1. The third kappa shape index (κ3) is 1.99. The fraction of sp³-hybridized carbons (Fsp3) is 0.182. The van der Waals surface area contributed by atoms with Crippen LogP contribution in [0.4, 0.5) is 5.82 Å². The minimum atomic E-state index is 0.552. The number of nitrogens with two attached hydrogens (primary N) is 1. The zero-order valence-corrected chi connectivity index (χ0v) is 8.62. The molecule has 4 heteroatoms. The summed E-state index contributed by atoms with van der Waals surface area (Å²) in [7, 11) is 1.92. The van der Waals surface area contributed by atoms with Gasteiger partial charge < -0.3 is 11.1 Å². The maximum Gasteiger partial charge on any atom is 0.153 e. The van der Waals surface area contributed by atoms with E-state index in [9.17, 15) is 0 Å². The lowest BCUT2D eigenvalue weighted by atomic mass is 10.1. The van der Waals surface area contributed by atoms with Gasteiger partial charge in [0.15, 0.2) is 5.82 Å². The first kappa shape index (κ1) is 9.73. The Morgan fingerprint density at radius 1 is 1.53 bits per heavy atom. The number of hydrogen-bond acceptors (Lipinski definition) is 3. The van der Waals surface area contributed by atoms with Crippen molar-refractivity contribution in [3.8, 4) is 0 Å². The number of benzene rings is 1. The average molecular weight is 202 g/mol. The highest BCUT2D eigenvalue weighted by atomic mass is 15.1. The first-order valence-electron chi connectivity index (χ1n) is 4.86. The number of aromatic nitrogens is 2. The van der Waals surface area contributed by atoms with Crippen LogP contribution in [0.3, 0.4) is 0 Å². The molecule has 0 atom stereocenters. The number of likely N-dealkylation sites (N-methyl/N-ethyl adjacent to an activating group) is 1. The normalized spacial score (nSPS) is 11.5. The molecular weight excluding hydrogens is 188 g/mol. The number of nitrogen functional groups attached to an aromatic ring is 1. The lowest BCUT2D eigenvalue weighted by Gasteiger charge is -1.94. The Balaban J connectivity index is 2.31. The fourth-order valence-electron chi connectivity index (χ4n) is 1.47. The lowest BCUT2D eigenvalue weighted by Crippen LogP contribution is -2.03. The molecule has 4 N–H and O–H groups in total. The maximum absolute atomic E-state index is 5.68. The molecule has 2 rings (SSSR count). The van der Waals surface area contributed by atoms with Crippen LogP contribution in [0.15, 0.2) is 24.3 Å². The number of H-pyrrole nitrogens is 1. The van der Waals surface area contributed by atoms with Crippen LogP contribution in [0.25, 0.3) is 17.0 Å². The Morgan fingerprint density at radius 2 is 2.40 bits per heavy atom. The van der Waals surface area contributed by atoms with Gasteiger partial charge in [-0.3, -0.25) is 5.10 Å². The van der Waals surface area contributed by atoms with Crippen molar-refractivity contribution >= 4 is 22.8 Å². The van der Waals surface area contributed by atoms with Gasteiger partial charge in [-0.25, -0.2) is 0 Å². The summed E-state index contributed by atoms with van der Waals surface area (Å²) in [6.07, 6.45) is 4.13. The molecule has 0 radical (unpaired) electrons. The second-order valence-corrected chi connectivity index (χ2v) is 3.37. The third-order valence-corrected chi connectivity index (χ3v) is 2.25. The molecule has 0 aliphatic heterocycles. The number of anilines is 1. The zero-order chi connectivity index (χ0) is 10.7. The van der Waals surface area contributed by atoms with E-state index in [1.807, 2.05) is 25.2 Å². The minimum absolute atomic E-state index is 0.552. The Kier molecular flexibility index (Phi) is 2.69. The molecule has 0 saturated heterocycles. The van der Waals surface area contributed by atoms with Gasteiger partial charge in [-0.05, 0) is 24.7 Å². The van der Waals surface area contributed by atoms with E-state index in [2.05, 4.69) is 27.7 Å². The van der Waals surface area contributed by atoms with Gasteiger partial charge in [0, 0.05) is 11.9 Å². The van der Waals surface area contributed by atoms with Crippen LogP contribution < -0.4 is 11.1 Å². The number of rotatable bonds is 3. The molecular formula is C11H14N4. The maximum atomic E-state index is 5.68. The summed E-state index contributed by atoms with van der Waals surface area (Å²) in [5.41, 5.74) is 7.79. The Bertz CT molecular complexity index is 484. The SMILES string of the molecule is CNCC=Cc1ccc2c(N)n[nH]c2c1. The molecule has 0 saturated carbocycles. The molecule has 0 bridgehead atoms. The summed E-state index contributed by atoms with van der Waals surface area (Å²) in [6, 6.07) is 6.04. The van der Waals surface area contributed by atoms with Crippen LogP contribution >= 0.6 is 0 Å². The number of hydrogen-bond donors (Lipinski definition) is 3. The van der Waals surface area contributed by atoms with E-state index in [0.29, 0.717) is 5.82 Å². The Morgan fingerprint density at radius 3 is 3.20 bits per heavy atom. The molecule has 0 fully saturated rings. The van der Waals surface area contributed by atoms with Gasteiger partial charge in [0.1, 0.15) is 0 Å². The topological polar surface area (TPSA) is 66.7 Å². The predicted molar refractivity (Wildman–Crippen MR) is 63.5 cm³/mol. The second kappa shape index (κ2) is 4.14. The van der Waals surface area contributed by atoms with Crippen molar-refractivity contribution < 1.29 is 0 Å². The van der Waals surface area contributed by atoms with Crippen LogP contribution in [-0.2, 0) is 0 Å². The van der Waals surface area contributed by atoms with Crippen molar-refractivity contribution in [1.29, 1.82) is 0 Å². The molecule has 15 heavy (non-hydrogen) atoms. The molecule has 4 nitrogen and oxygen atoms in total. The van der Waals surface area contributed by atoms with E-state index in [-0.39, 0.29) is 0 Å². The van der Waals surface area contributed by atoms with Crippen LogP contribution in [0, 0.1) is 0 Å². The number of fused-ring (bicyclic) bond motifs is 1. The van der Waals surface area contributed by atoms with Gasteiger partial charge in [0.2, 0.25) is 0 Å². The molecule has 78 valence electrons. The van der Waals surface area contributed by atoms with E-state index >= 15 is 0 Å². The summed E-state index contributed by atoms with van der Waals surface area (Å²) in [6.45, 7) is 0.864. The first-order chi connectivity index (χ1) is 7.31. The van der Waals surface area contributed by atoms with Gasteiger partial charge >= 0.3 is 0 Å². The zero-order valence-electron chi connectivity index (χ0n) is 8.62. The largest absolute Gasteiger partial charge is 0.382 e. The van der Waals surface area contributed by atoms with Crippen molar-refractivity contribution in [1.82, 2.24) is 15.5 Å². The Hall–Kier alpha value is -1.81. The van der Waals surface area contributed by atoms with Crippen molar-refractivity contribution in [2.75, 3.05) is 19.3 Å². The fourth-order valence-corrected chi connectivity index (χ4v) is 1.47. The van der Waals surface area contributed by atoms with Crippen LogP contribution in [-0.4, -0.2) is 23.8 Å². The lowest BCUT2D eigenvalue weighted by molar-refractivity contribution is 0.922. The van der Waals surface area contributed by atoms with E-state index in [1.54, 1.807) is 0 Å². The van der Waals surface area contributed by atoms with Gasteiger partial charge in [-0.2, -0.15) is 5.10 Å². The van der Waals surface area contributed by atoms with Gasteiger partial charge in [0.05, 0.1) is 5.52 Å². The Labute approximate surface area is 88.2 Å². The summed E-state index contributed by atoms with van der Waals surface area (Å²) in [5, 5.41) is 10.9. The van der Waals surface area contributed by atoms with Crippen LogP contribution in [0.2, 0.25) is 0 Å². The highest BCUT2D eigenvalue weighted by Gasteiger charge is 2.00. The third-order valence-electron chi connectivity index (χ3n) is 2.25. The van der Waals surface area contributed by atoms with Gasteiger partial charge in [-0.15, -0.1) is 0 Å². The predicted octanol–water partition coefficient (Wildman–Crippen LogP) is 1.38. The average Bonchev–Trinajstić information content (AvgIpc) is 2.61. The highest BCUT2D eigenvalue weighted by molar-refractivity contribution is 5.89. The molecule has 1 heterocycles. The summed E-state index contributed by atoms with van der Waals surface area (Å²) >= 11 is 0. The van der Waals surface area contributed by atoms with Crippen molar-refractivity contribution in [3.63, 3.8) is 0 Å². The van der Waals surface area contributed by atoms with E-state index in [4.69, 9.17) is 5.73 Å². The molecule has 0 amide bonds. The van der Waals surface area contributed by atoms with Crippen LogP contribution in [0.1, 0.15) is 5.56 Å². The second-order valence-electron chi connectivity index (χ2n) is 3.37. The van der Waals surface area contributed by atoms with E-state index in [0.717, 1.165) is 23.0 Å². The summed E-state index contributed by atoms with van der Waals surface area (Å²) < 4.78 is 0. The smallest absolute Gasteiger partial charge is 0.153 e. The van der Waals surface area contributed by atoms with E-state index in [1.165, 1.54) is 0 Å². The van der Waals surface area contributed by atoms with Crippen molar-refractivity contribution in [2.24, 2.45) is 0 Å². The number of nitrogens with zero attached hydrogens (tertiary/aromatic N) is 1. The quantitative estimate of drug-likeness (QED) is 0.704. The van der Waals surface area contributed by atoms with E-state index < -0.39 is 0 Å².